The van der Waals surface area contributed by atoms with E-state index in [4.69, 9.17) is 10.5 Å². The van der Waals surface area contributed by atoms with Crippen LogP contribution >= 0.6 is 24.8 Å². The summed E-state index contributed by atoms with van der Waals surface area (Å²) < 4.78 is 8.68. The second-order valence-corrected chi connectivity index (χ2v) is 10.6. The van der Waals surface area contributed by atoms with Gasteiger partial charge in [-0.15, -0.1) is 24.8 Å². The van der Waals surface area contributed by atoms with Crippen molar-refractivity contribution in [3.63, 3.8) is 0 Å². The largest absolute Gasteiger partial charge is 0.493 e. The van der Waals surface area contributed by atoms with E-state index < -0.39 is 0 Å². The first-order valence-corrected chi connectivity index (χ1v) is 12.8. The first-order valence-electron chi connectivity index (χ1n) is 12.8. The third kappa shape index (κ3) is 5.23. The summed E-state index contributed by atoms with van der Waals surface area (Å²) >= 11 is 0. The quantitative estimate of drug-likeness (QED) is 0.249. The molecule has 1 aliphatic heterocycles. The summed E-state index contributed by atoms with van der Waals surface area (Å²) in [5.41, 5.74) is 11.8. The minimum atomic E-state index is -0.195. The molecule has 0 fully saturated rings. The summed E-state index contributed by atoms with van der Waals surface area (Å²) in [5.74, 6) is 0.781. The Morgan fingerprint density at radius 3 is 2.47 bits per heavy atom. The van der Waals surface area contributed by atoms with Crippen LogP contribution in [0, 0.1) is 0 Å². The number of carbonyl (C=O) groups is 1. The van der Waals surface area contributed by atoms with Crippen LogP contribution in [-0.4, -0.2) is 49.2 Å². The molecule has 4 aromatic rings. The SMILES string of the molecule is CN(C)CCCOc1ccccc1-c1cc2c(c3c1C(=O)NC3)c1ccccc1n2C(C)(C)CCN.Cl.Cl. The smallest absolute Gasteiger partial charge is 0.252 e. The molecule has 0 saturated heterocycles. The van der Waals surface area contributed by atoms with Crippen LogP contribution in [0.5, 0.6) is 5.75 Å². The minimum absolute atomic E-state index is 0. The molecule has 1 aliphatic rings. The number of halogens is 2. The molecule has 0 atom stereocenters. The molecule has 0 bridgehead atoms. The highest BCUT2D eigenvalue weighted by Crippen LogP contribution is 2.44. The van der Waals surface area contributed by atoms with Gasteiger partial charge in [0.1, 0.15) is 5.75 Å². The maximum absolute atomic E-state index is 13.2. The molecule has 0 aliphatic carbocycles. The molecule has 204 valence electrons. The van der Waals surface area contributed by atoms with E-state index in [1.54, 1.807) is 0 Å². The lowest BCUT2D eigenvalue weighted by Crippen LogP contribution is -2.29. The molecule has 0 radical (unpaired) electrons. The number of hydrogen-bond donors (Lipinski definition) is 2. The third-order valence-electron chi connectivity index (χ3n) is 7.26. The fraction of sp³-hybridized carbons (Fsp3) is 0.367. The summed E-state index contributed by atoms with van der Waals surface area (Å²) in [6.45, 7) is 7.18. The first-order chi connectivity index (χ1) is 17.3. The van der Waals surface area contributed by atoms with Crippen LogP contribution in [0.4, 0.5) is 0 Å². The number of nitrogens with two attached hydrogens (primary N) is 1. The topological polar surface area (TPSA) is 72.5 Å². The van der Waals surface area contributed by atoms with Crippen LogP contribution in [-0.2, 0) is 12.1 Å². The lowest BCUT2D eigenvalue weighted by Gasteiger charge is -2.29. The van der Waals surface area contributed by atoms with E-state index in [0.29, 0.717) is 19.7 Å². The van der Waals surface area contributed by atoms with Crippen LogP contribution < -0.4 is 15.8 Å². The van der Waals surface area contributed by atoms with Gasteiger partial charge in [-0.2, -0.15) is 0 Å². The number of hydrogen-bond acceptors (Lipinski definition) is 4. The number of carbonyl (C=O) groups excluding carboxylic acids is 1. The van der Waals surface area contributed by atoms with Gasteiger partial charge >= 0.3 is 0 Å². The van der Waals surface area contributed by atoms with E-state index in [-0.39, 0.29) is 36.3 Å². The highest BCUT2D eigenvalue weighted by atomic mass is 35.5. The van der Waals surface area contributed by atoms with Gasteiger partial charge in [0.2, 0.25) is 0 Å². The van der Waals surface area contributed by atoms with E-state index in [0.717, 1.165) is 63.8 Å². The predicted octanol–water partition coefficient (Wildman–Crippen LogP) is 5.96. The van der Waals surface area contributed by atoms with Crippen LogP contribution in [0.1, 0.15) is 42.6 Å². The number of para-hydroxylation sites is 2. The average molecular weight is 558 g/mol. The van der Waals surface area contributed by atoms with Gasteiger partial charge in [0.25, 0.3) is 5.91 Å². The number of ether oxygens (including phenoxy) is 1. The maximum Gasteiger partial charge on any atom is 0.252 e. The van der Waals surface area contributed by atoms with Gasteiger partial charge in [-0.1, -0.05) is 36.4 Å². The number of fused-ring (bicyclic) bond motifs is 5. The number of aromatic nitrogens is 1. The van der Waals surface area contributed by atoms with Crippen molar-refractivity contribution < 1.29 is 9.53 Å². The maximum atomic E-state index is 13.2. The van der Waals surface area contributed by atoms with Crippen molar-refractivity contribution in [1.82, 2.24) is 14.8 Å². The van der Waals surface area contributed by atoms with Crippen molar-refractivity contribution in [2.75, 3.05) is 33.8 Å². The van der Waals surface area contributed by atoms with Crippen LogP contribution in [0.15, 0.2) is 54.6 Å². The lowest BCUT2D eigenvalue weighted by atomic mass is 9.92. The molecule has 1 aromatic heterocycles. The fourth-order valence-electron chi connectivity index (χ4n) is 5.61. The molecule has 3 aromatic carbocycles. The number of benzene rings is 3. The molecule has 0 spiro atoms. The summed E-state index contributed by atoms with van der Waals surface area (Å²) in [7, 11) is 4.13. The fourth-order valence-corrected chi connectivity index (χ4v) is 5.61. The van der Waals surface area contributed by atoms with Gasteiger partial charge in [0.05, 0.1) is 17.7 Å². The number of rotatable bonds is 9. The Labute approximate surface area is 237 Å². The highest BCUT2D eigenvalue weighted by molar-refractivity contribution is 6.18. The molecule has 38 heavy (non-hydrogen) atoms. The number of amides is 1. The normalized spacial score (nSPS) is 12.8. The lowest BCUT2D eigenvalue weighted by molar-refractivity contribution is 0.0966. The first kappa shape index (κ1) is 29.8. The summed E-state index contributed by atoms with van der Waals surface area (Å²) in [5, 5.41) is 5.42. The van der Waals surface area contributed by atoms with Crippen LogP contribution in [0.3, 0.4) is 0 Å². The molecular formula is C30H38Cl2N4O2. The molecule has 0 saturated carbocycles. The molecule has 1 amide bonds. The van der Waals surface area contributed by atoms with E-state index in [1.165, 1.54) is 5.39 Å². The molecule has 6 nitrogen and oxygen atoms in total. The minimum Gasteiger partial charge on any atom is -0.493 e. The van der Waals surface area contributed by atoms with Crippen LogP contribution in [0.25, 0.3) is 32.9 Å². The van der Waals surface area contributed by atoms with Gasteiger partial charge in [-0.25, -0.2) is 0 Å². The Kier molecular flexibility index (Phi) is 9.37. The molecule has 5 rings (SSSR count). The molecule has 8 heteroatoms. The number of nitrogens with zero attached hydrogens (tertiary/aromatic N) is 2. The van der Waals surface area contributed by atoms with Gasteiger partial charge in [0.15, 0.2) is 0 Å². The van der Waals surface area contributed by atoms with Crippen molar-refractivity contribution in [3.8, 4) is 16.9 Å². The van der Waals surface area contributed by atoms with Crippen LogP contribution in [0.2, 0.25) is 0 Å². The highest BCUT2D eigenvalue weighted by Gasteiger charge is 2.32. The van der Waals surface area contributed by atoms with Gasteiger partial charge < -0.3 is 25.3 Å². The van der Waals surface area contributed by atoms with Gasteiger partial charge in [-0.05, 0) is 71.1 Å². The Morgan fingerprint density at radius 2 is 1.74 bits per heavy atom. The average Bonchev–Trinajstić information content (AvgIpc) is 3.40. The van der Waals surface area contributed by atoms with E-state index in [2.05, 4.69) is 79.1 Å². The van der Waals surface area contributed by atoms with E-state index in [1.807, 2.05) is 18.2 Å². The Balaban J connectivity index is 0.00000200. The second-order valence-electron chi connectivity index (χ2n) is 10.6. The second kappa shape index (κ2) is 12.0. The number of nitrogens with one attached hydrogen (secondary N) is 1. The summed E-state index contributed by atoms with van der Waals surface area (Å²) in [6, 6.07) is 18.8. The predicted molar refractivity (Wildman–Crippen MR) is 162 cm³/mol. The van der Waals surface area contributed by atoms with Gasteiger partial charge in [-0.3, -0.25) is 4.79 Å². The molecular weight excluding hydrogens is 519 g/mol. The monoisotopic (exact) mass is 556 g/mol. The van der Waals surface area contributed by atoms with Crippen molar-refractivity contribution in [2.45, 2.75) is 38.8 Å². The summed E-state index contributed by atoms with van der Waals surface area (Å²) in [6.07, 6.45) is 1.77. The van der Waals surface area contributed by atoms with E-state index >= 15 is 0 Å². The zero-order chi connectivity index (χ0) is 25.4. The van der Waals surface area contributed by atoms with E-state index in [9.17, 15) is 4.79 Å². The Morgan fingerprint density at radius 1 is 1.03 bits per heavy atom. The summed E-state index contributed by atoms with van der Waals surface area (Å²) in [4.78, 5) is 15.4. The van der Waals surface area contributed by atoms with Crippen molar-refractivity contribution in [1.29, 1.82) is 0 Å². The molecule has 0 unspecified atom stereocenters. The zero-order valence-corrected chi connectivity index (χ0v) is 24.2. The van der Waals surface area contributed by atoms with Crippen molar-refractivity contribution in [3.05, 3.63) is 65.7 Å². The van der Waals surface area contributed by atoms with Gasteiger partial charge in [0, 0.05) is 46.0 Å². The molecule has 3 N–H and O–H groups in total. The third-order valence-corrected chi connectivity index (χ3v) is 7.26. The zero-order valence-electron chi connectivity index (χ0n) is 22.5. The standard InChI is InChI=1S/C30H36N4O2.2ClH/c1-30(2,14-15-31)34-24-12-7-5-11-21(24)27-23-19-32-29(35)28(23)22(18-25(27)34)20-10-6-8-13-26(20)36-17-9-16-33(3)4;;/h5-8,10-13,18H,9,14-17,19,31H2,1-4H3,(H,32,35);2*1H. The van der Waals surface area contributed by atoms with Crippen molar-refractivity contribution in [2.24, 2.45) is 5.73 Å². The van der Waals surface area contributed by atoms with Crippen molar-refractivity contribution >= 4 is 52.5 Å². The molecule has 2 heterocycles. The Bertz CT molecular complexity index is 1450. The Hall–Kier alpha value is -2.77.